The quantitative estimate of drug-likeness (QED) is 0.707. The molecule has 0 saturated carbocycles. The molecule has 0 unspecified atom stereocenters. The van der Waals surface area contributed by atoms with Crippen molar-refractivity contribution in [2.24, 2.45) is 0 Å². The van der Waals surface area contributed by atoms with E-state index < -0.39 is 5.97 Å². The molecule has 1 aromatic heterocycles. The molecule has 0 aromatic carbocycles. The maximum absolute atomic E-state index is 11.4. The summed E-state index contributed by atoms with van der Waals surface area (Å²) in [5.41, 5.74) is 0.301. The number of carbonyl (C=O) groups excluding carboxylic acids is 1. The van der Waals surface area contributed by atoms with Crippen LogP contribution in [-0.2, 0) is 4.74 Å². The maximum Gasteiger partial charge on any atom is 0.356 e. The number of anilines is 1. The van der Waals surface area contributed by atoms with Gasteiger partial charge < -0.3 is 9.64 Å². The van der Waals surface area contributed by atoms with Gasteiger partial charge >= 0.3 is 5.97 Å². The fourth-order valence-corrected chi connectivity index (χ4v) is 1.62. The molecule has 17 heavy (non-hydrogen) atoms. The molecule has 0 aliphatic carbocycles. The predicted octanol–water partition coefficient (Wildman–Crippen LogP) is 1.89. The lowest BCUT2D eigenvalue weighted by Gasteiger charge is -2.22. The first-order valence-corrected chi connectivity index (χ1v) is 5.88. The van der Waals surface area contributed by atoms with Crippen LogP contribution in [0.15, 0.2) is 12.4 Å². The molecule has 0 N–H and O–H groups in total. The van der Waals surface area contributed by atoms with Crippen LogP contribution in [0.5, 0.6) is 0 Å². The summed E-state index contributed by atoms with van der Waals surface area (Å²) < 4.78 is 4.64. The Kier molecular flexibility index (Phi) is 5.39. The standard InChI is InChI=1S/C12H19N3O2/c1-4-6-15(7-5-2)11-8-10(12(16)17-3)13-9-14-11/h8-9H,4-7H2,1-3H3. The van der Waals surface area contributed by atoms with Crippen molar-refractivity contribution in [1.82, 2.24) is 9.97 Å². The van der Waals surface area contributed by atoms with Gasteiger partial charge in [0.15, 0.2) is 5.69 Å². The van der Waals surface area contributed by atoms with Crippen LogP contribution in [-0.4, -0.2) is 36.1 Å². The highest BCUT2D eigenvalue weighted by Gasteiger charge is 2.12. The Labute approximate surface area is 102 Å². The summed E-state index contributed by atoms with van der Waals surface area (Å²) in [6, 6.07) is 1.68. The number of ether oxygens (including phenoxy) is 1. The molecule has 94 valence electrons. The van der Waals surface area contributed by atoms with Gasteiger partial charge in [-0.3, -0.25) is 0 Å². The minimum absolute atomic E-state index is 0.301. The number of esters is 1. The number of carbonyl (C=O) groups is 1. The minimum Gasteiger partial charge on any atom is -0.464 e. The average molecular weight is 237 g/mol. The monoisotopic (exact) mass is 237 g/mol. The molecule has 0 spiro atoms. The second-order valence-electron chi connectivity index (χ2n) is 3.74. The van der Waals surface area contributed by atoms with Gasteiger partial charge in [0.1, 0.15) is 12.1 Å². The normalized spacial score (nSPS) is 10.1. The van der Waals surface area contributed by atoms with Gasteiger partial charge in [0.05, 0.1) is 7.11 Å². The second kappa shape index (κ2) is 6.83. The summed E-state index contributed by atoms with van der Waals surface area (Å²) in [6.45, 7) is 6.08. The van der Waals surface area contributed by atoms with Crippen molar-refractivity contribution in [3.8, 4) is 0 Å². The molecule has 0 radical (unpaired) electrons. The molecular formula is C12H19N3O2. The molecule has 0 aliphatic rings. The smallest absolute Gasteiger partial charge is 0.356 e. The lowest BCUT2D eigenvalue weighted by molar-refractivity contribution is 0.0594. The molecule has 5 nitrogen and oxygen atoms in total. The summed E-state index contributed by atoms with van der Waals surface area (Å²) in [5.74, 6) is 0.352. The van der Waals surface area contributed by atoms with Crippen LogP contribution in [0.4, 0.5) is 5.82 Å². The van der Waals surface area contributed by atoms with Crippen LogP contribution in [0.25, 0.3) is 0 Å². The predicted molar refractivity (Wildman–Crippen MR) is 66.2 cm³/mol. The maximum atomic E-state index is 11.4. The zero-order chi connectivity index (χ0) is 12.7. The van der Waals surface area contributed by atoms with Crippen molar-refractivity contribution >= 4 is 11.8 Å². The van der Waals surface area contributed by atoms with Gasteiger partial charge in [-0.05, 0) is 12.8 Å². The molecule has 1 heterocycles. The van der Waals surface area contributed by atoms with E-state index in [0.717, 1.165) is 31.7 Å². The van der Waals surface area contributed by atoms with E-state index in [9.17, 15) is 4.79 Å². The first-order valence-electron chi connectivity index (χ1n) is 5.88. The van der Waals surface area contributed by atoms with Crippen molar-refractivity contribution in [3.63, 3.8) is 0 Å². The fourth-order valence-electron chi connectivity index (χ4n) is 1.62. The molecule has 0 amide bonds. The highest BCUT2D eigenvalue weighted by atomic mass is 16.5. The number of hydrogen-bond donors (Lipinski definition) is 0. The van der Waals surface area contributed by atoms with E-state index in [0.29, 0.717) is 5.69 Å². The first kappa shape index (κ1) is 13.4. The summed E-state index contributed by atoms with van der Waals surface area (Å²) in [4.78, 5) is 21.6. The third-order valence-electron chi connectivity index (χ3n) is 2.36. The van der Waals surface area contributed by atoms with Gasteiger partial charge in [0.25, 0.3) is 0 Å². The third kappa shape index (κ3) is 3.69. The highest BCUT2D eigenvalue weighted by Crippen LogP contribution is 2.12. The number of methoxy groups -OCH3 is 1. The van der Waals surface area contributed by atoms with E-state index in [2.05, 4.69) is 33.5 Å². The fraction of sp³-hybridized carbons (Fsp3) is 0.583. The van der Waals surface area contributed by atoms with Crippen molar-refractivity contribution in [2.45, 2.75) is 26.7 Å². The van der Waals surface area contributed by atoms with Crippen LogP contribution in [0, 0.1) is 0 Å². The van der Waals surface area contributed by atoms with Crippen LogP contribution >= 0.6 is 0 Å². The number of rotatable bonds is 6. The summed E-state index contributed by atoms with van der Waals surface area (Å²) >= 11 is 0. The van der Waals surface area contributed by atoms with Gasteiger partial charge in [0.2, 0.25) is 0 Å². The summed E-state index contributed by atoms with van der Waals surface area (Å²) in [7, 11) is 1.35. The summed E-state index contributed by atoms with van der Waals surface area (Å²) in [5, 5.41) is 0. The van der Waals surface area contributed by atoms with E-state index in [1.54, 1.807) is 6.07 Å². The van der Waals surface area contributed by atoms with Gasteiger partial charge in [-0.1, -0.05) is 13.8 Å². The van der Waals surface area contributed by atoms with E-state index in [-0.39, 0.29) is 0 Å². The van der Waals surface area contributed by atoms with E-state index in [4.69, 9.17) is 0 Å². The molecular weight excluding hydrogens is 218 g/mol. The van der Waals surface area contributed by atoms with Gasteiger partial charge in [-0.15, -0.1) is 0 Å². The van der Waals surface area contributed by atoms with Crippen LogP contribution in [0.1, 0.15) is 37.2 Å². The molecule has 0 bridgehead atoms. The van der Waals surface area contributed by atoms with Crippen molar-refractivity contribution in [1.29, 1.82) is 0 Å². The Morgan fingerprint density at radius 2 is 1.94 bits per heavy atom. The van der Waals surface area contributed by atoms with Gasteiger partial charge in [-0.25, -0.2) is 14.8 Å². The Bertz CT molecular complexity index is 363. The zero-order valence-electron chi connectivity index (χ0n) is 10.6. The Balaban J connectivity index is 2.91. The Morgan fingerprint density at radius 1 is 1.29 bits per heavy atom. The molecule has 1 rings (SSSR count). The molecule has 1 aromatic rings. The molecule has 0 aliphatic heterocycles. The van der Waals surface area contributed by atoms with Gasteiger partial charge in [0, 0.05) is 19.2 Å². The van der Waals surface area contributed by atoms with Gasteiger partial charge in [-0.2, -0.15) is 0 Å². The van der Waals surface area contributed by atoms with Crippen LogP contribution < -0.4 is 4.90 Å². The number of hydrogen-bond acceptors (Lipinski definition) is 5. The van der Waals surface area contributed by atoms with Crippen molar-refractivity contribution in [3.05, 3.63) is 18.1 Å². The Hall–Kier alpha value is -1.65. The van der Waals surface area contributed by atoms with Crippen LogP contribution in [0.3, 0.4) is 0 Å². The SMILES string of the molecule is CCCN(CCC)c1cc(C(=O)OC)ncn1. The van der Waals surface area contributed by atoms with Crippen molar-refractivity contribution in [2.75, 3.05) is 25.1 Å². The summed E-state index contributed by atoms with van der Waals surface area (Å²) in [6.07, 6.45) is 3.48. The number of aromatic nitrogens is 2. The third-order valence-corrected chi connectivity index (χ3v) is 2.36. The average Bonchev–Trinajstić information content (AvgIpc) is 2.37. The highest BCUT2D eigenvalue weighted by molar-refractivity contribution is 5.87. The lowest BCUT2D eigenvalue weighted by atomic mass is 10.3. The molecule has 0 saturated heterocycles. The zero-order valence-corrected chi connectivity index (χ0v) is 10.6. The lowest BCUT2D eigenvalue weighted by Crippen LogP contribution is -2.26. The Morgan fingerprint density at radius 3 is 2.47 bits per heavy atom. The second-order valence-corrected chi connectivity index (χ2v) is 3.74. The minimum atomic E-state index is -0.429. The van der Waals surface area contributed by atoms with E-state index in [1.807, 2.05) is 0 Å². The van der Waals surface area contributed by atoms with E-state index in [1.165, 1.54) is 13.4 Å². The van der Waals surface area contributed by atoms with Crippen molar-refractivity contribution < 1.29 is 9.53 Å². The first-order chi connectivity index (χ1) is 8.22. The van der Waals surface area contributed by atoms with E-state index >= 15 is 0 Å². The van der Waals surface area contributed by atoms with Crippen LogP contribution in [0.2, 0.25) is 0 Å². The topological polar surface area (TPSA) is 55.3 Å². The molecule has 5 heteroatoms. The molecule has 0 fully saturated rings. The largest absolute Gasteiger partial charge is 0.464 e. The number of nitrogens with zero attached hydrogens (tertiary/aromatic N) is 3. The molecule has 0 atom stereocenters.